The van der Waals surface area contributed by atoms with Gasteiger partial charge in [-0.25, -0.2) is 9.59 Å². The number of nitrogens with zero attached hydrogens (tertiary/aromatic N) is 1. The van der Waals surface area contributed by atoms with Crippen LogP contribution in [0.1, 0.15) is 31.8 Å². The van der Waals surface area contributed by atoms with Crippen LogP contribution < -0.4 is 14.8 Å². The summed E-state index contributed by atoms with van der Waals surface area (Å²) in [5.41, 5.74) is 1.04. The number of nitriles is 1. The lowest BCUT2D eigenvalue weighted by Gasteiger charge is -2.14. The van der Waals surface area contributed by atoms with Crippen molar-refractivity contribution in [2.24, 2.45) is 0 Å². The van der Waals surface area contributed by atoms with E-state index in [0.717, 1.165) is 0 Å². The van der Waals surface area contributed by atoms with Crippen LogP contribution in [0.5, 0.6) is 11.5 Å². The van der Waals surface area contributed by atoms with Crippen LogP contribution in [0.15, 0.2) is 66.2 Å². The summed E-state index contributed by atoms with van der Waals surface area (Å²) in [6, 6.07) is 16.7. The third-order valence-corrected chi connectivity index (χ3v) is 5.13. The number of amides is 1. The second-order valence-corrected chi connectivity index (χ2v) is 7.75. The molecule has 0 heterocycles. The zero-order valence-electron chi connectivity index (χ0n) is 18.8. The number of rotatable bonds is 9. The predicted molar refractivity (Wildman–Crippen MR) is 131 cm³/mol. The zero-order chi connectivity index (χ0) is 26.2. The van der Waals surface area contributed by atoms with Crippen molar-refractivity contribution in [3.63, 3.8) is 0 Å². The van der Waals surface area contributed by atoms with Gasteiger partial charge in [0.25, 0.3) is 5.91 Å². The summed E-state index contributed by atoms with van der Waals surface area (Å²) in [5.74, 6) is -2.52. The molecule has 3 rings (SSSR count). The highest BCUT2D eigenvalue weighted by molar-refractivity contribution is 6.32. The van der Waals surface area contributed by atoms with Crippen LogP contribution in [-0.2, 0) is 11.4 Å². The van der Waals surface area contributed by atoms with E-state index in [1.165, 1.54) is 61.7 Å². The molecule has 182 valence electrons. The van der Waals surface area contributed by atoms with Crippen molar-refractivity contribution in [2.75, 3.05) is 12.4 Å². The third kappa shape index (κ3) is 6.40. The number of carboxylic acid groups (broad SMARTS) is 2. The highest BCUT2D eigenvalue weighted by atomic mass is 35.5. The van der Waals surface area contributed by atoms with E-state index in [2.05, 4.69) is 5.32 Å². The Morgan fingerprint density at radius 2 is 1.69 bits per heavy atom. The van der Waals surface area contributed by atoms with Gasteiger partial charge in [0.2, 0.25) is 0 Å². The van der Waals surface area contributed by atoms with Crippen molar-refractivity contribution >= 4 is 41.2 Å². The fraction of sp³-hybridized carbons (Fsp3) is 0.0769. The maximum atomic E-state index is 12.6. The largest absolute Gasteiger partial charge is 0.493 e. The fourth-order valence-corrected chi connectivity index (χ4v) is 3.43. The fourth-order valence-electron chi connectivity index (χ4n) is 3.16. The zero-order valence-corrected chi connectivity index (χ0v) is 19.6. The Balaban J connectivity index is 1.82. The van der Waals surface area contributed by atoms with Gasteiger partial charge in [-0.05, 0) is 59.7 Å². The number of carbonyl (C=O) groups excluding carboxylic acids is 1. The number of anilines is 1. The number of ether oxygens (including phenoxy) is 2. The average molecular weight is 507 g/mol. The molecule has 0 aromatic heterocycles. The summed E-state index contributed by atoms with van der Waals surface area (Å²) >= 11 is 6.38. The molecule has 10 heteroatoms. The molecule has 0 saturated carbocycles. The molecule has 9 nitrogen and oxygen atoms in total. The molecule has 3 aromatic rings. The van der Waals surface area contributed by atoms with Gasteiger partial charge in [-0.2, -0.15) is 5.26 Å². The van der Waals surface area contributed by atoms with E-state index in [1.807, 2.05) is 6.07 Å². The van der Waals surface area contributed by atoms with Crippen LogP contribution in [0.3, 0.4) is 0 Å². The van der Waals surface area contributed by atoms with E-state index in [1.54, 1.807) is 12.1 Å². The SMILES string of the molecule is COc1cc(/C=C(/C#N)C(=O)Nc2cccc(C(=O)O)c2)cc(Cl)c1OCc1cccc(C(=O)O)c1. The van der Waals surface area contributed by atoms with Crippen molar-refractivity contribution < 1.29 is 34.1 Å². The van der Waals surface area contributed by atoms with Gasteiger partial charge in [0.05, 0.1) is 23.3 Å². The highest BCUT2D eigenvalue weighted by Crippen LogP contribution is 2.37. The van der Waals surface area contributed by atoms with Crippen LogP contribution in [-0.4, -0.2) is 35.2 Å². The minimum absolute atomic E-state index is 0.0166. The molecule has 0 spiro atoms. The molecule has 0 radical (unpaired) electrons. The standard InChI is InChI=1S/C26H19ClN2O7/c1-35-22-11-16(9-19(13-28)24(30)29-20-7-3-6-18(12-20)26(33)34)10-21(27)23(22)36-14-15-4-2-5-17(8-15)25(31)32/h2-12H,14H2,1H3,(H,29,30)(H,31,32)(H,33,34)/b19-9-. The number of carbonyl (C=O) groups is 3. The van der Waals surface area contributed by atoms with Crippen molar-refractivity contribution in [3.05, 3.63) is 93.5 Å². The van der Waals surface area contributed by atoms with Gasteiger partial charge < -0.3 is 25.0 Å². The molecule has 0 atom stereocenters. The minimum atomic E-state index is -1.15. The Labute approximate surface area is 210 Å². The number of aromatic carboxylic acids is 2. The van der Waals surface area contributed by atoms with Crippen LogP contribution >= 0.6 is 11.6 Å². The normalized spacial score (nSPS) is 10.8. The molecule has 0 aliphatic carbocycles. The number of nitrogens with one attached hydrogen (secondary N) is 1. The van der Waals surface area contributed by atoms with Gasteiger partial charge in [-0.15, -0.1) is 0 Å². The monoisotopic (exact) mass is 506 g/mol. The molecule has 0 aliphatic rings. The first kappa shape index (κ1) is 25.8. The topological polar surface area (TPSA) is 146 Å². The van der Waals surface area contributed by atoms with E-state index >= 15 is 0 Å². The summed E-state index contributed by atoms with van der Waals surface area (Å²) in [7, 11) is 1.39. The first-order valence-electron chi connectivity index (χ1n) is 10.3. The molecular weight excluding hydrogens is 488 g/mol. The lowest BCUT2D eigenvalue weighted by atomic mass is 10.1. The molecule has 3 aromatic carbocycles. The molecular formula is C26H19ClN2O7. The van der Waals surface area contributed by atoms with E-state index in [9.17, 15) is 19.6 Å². The van der Waals surface area contributed by atoms with Crippen molar-refractivity contribution in [1.82, 2.24) is 0 Å². The first-order valence-corrected chi connectivity index (χ1v) is 10.7. The van der Waals surface area contributed by atoms with Crippen LogP contribution in [0.25, 0.3) is 6.08 Å². The van der Waals surface area contributed by atoms with Crippen molar-refractivity contribution in [3.8, 4) is 17.6 Å². The molecule has 0 fully saturated rings. The number of hydrogen-bond donors (Lipinski definition) is 3. The number of hydrogen-bond acceptors (Lipinski definition) is 6. The Hall–Kier alpha value is -4.81. The number of carboxylic acids is 2. The maximum Gasteiger partial charge on any atom is 0.335 e. The molecule has 0 bridgehead atoms. The lowest BCUT2D eigenvalue weighted by Crippen LogP contribution is -2.14. The van der Waals surface area contributed by atoms with Gasteiger partial charge in [0.15, 0.2) is 11.5 Å². The first-order chi connectivity index (χ1) is 17.2. The molecule has 1 amide bonds. The average Bonchev–Trinajstić information content (AvgIpc) is 2.86. The van der Waals surface area contributed by atoms with Crippen molar-refractivity contribution in [2.45, 2.75) is 6.61 Å². The molecule has 3 N–H and O–H groups in total. The van der Waals surface area contributed by atoms with Gasteiger partial charge in [-0.1, -0.05) is 29.8 Å². The van der Waals surface area contributed by atoms with Gasteiger partial charge in [0, 0.05) is 5.69 Å². The van der Waals surface area contributed by atoms with Gasteiger partial charge >= 0.3 is 11.9 Å². The highest BCUT2D eigenvalue weighted by Gasteiger charge is 2.15. The van der Waals surface area contributed by atoms with Gasteiger partial charge in [-0.3, -0.25) is 4.79 Å². The Kier molecular flexibility index (Phi) is 8.28. The summed E-state index contributed by atoms with van der Waals surface area (Å²) in [5, 5.41) is 30.4. The Morgan fingerprint density at radius 3 is 2.33 bits per heavy atom. The van der Waals surface area contributed by atoms with Crippen molar-refractivity contribution in [1.29, 1.82) is 5.26 Å². The summed E-state index contributed by atoms with van der Waals surface area (Å²) in [6.07, 6.45) is 1.30. The number of halogens is 1. The summed E-state index contributed by atoms with van der Waals surface area (Å²) < 4.78 is 11.1. The lowest BCUT2D eigenvalue weighted by molar-refractivity contribution is -0.112. The summed E-state index contributed by atoms with van der Waals surface area (Å²) in [4.78, 5) is 34.9. The van der Waals surface area contributed by atoms with E-state index < -0.39 is 17.8 Å². The van der Waals surface area contributed by atoms with Crippen LogP contribution in [0.4, 0.5) is 5.69 Å². The predicted octanol–water partition coefficient (Wildman–Crippen LogP) is 4.87. The number of methoxy groups -OCH3 is 1. The van der Waals surface area contributed by atoms with Gasteiger partial charge in [0.1, 0.15) is 18.2 Å². The summed E-state index contributed by atoms with van der Waals surface area (Å²) in [6.45, 7) is 0.0215. The Morgan fingerprint density at radius 1 is 1.03 bits per heavy atom. The molecule has 36 heavy (non-hydrogen) atoms. The molecule has 0 unspecified atom stereocenters. The smallest absolute Gasteiger partial charge is 0.335 e. The maximum absolute atomic E-state index is 12.6. The second kappa shape index (κ2) is 11.6. The van der Waals surface area contributed by atoms with Crippen LogP contribution in [0, 0.1) is 11.3 Å². The van der Waals surface area contributed by atoms with Crippen LogP contribution in [0.2, 0.25) is 5.02 Å². The number of benzene rings is 3. The quantitative estimate of drug-likeness (QED) is 0.275. The molecule has 0 saturated heterocycles. The molecule has 0 aliphatic heterocycles. The minimum Gasteiger partial charge on any atom is -0.493 e. The third-order valence-electron chi connectivity index (χ3n) is 4.85. The Bertz CT molecular complexity index is 1410. The van der Waals surface area contributed by atoms with E-state index in [-0.39, 0.29) is 45.5 Å². The van der Waals surface area contributed by atoms with E-state index in [0.29, 0.717) is 11.1 Å². The second-order valence-electron chi connectivity index (χ2n) is 7.34. The van der Waals surface area contributed by atoms with E-state index in [4.69, 9.17) is 31.3 Å².